The third-order valence-corrected chi connectivity index (χ3v) is 5.13. The topological polar surface area (TPSA) is 49.4 Å². The van der Waals surface area contributed by atoms with E-state index in [1.54, 1.807) is 35.2 Å². The van der Waals surface area contributed by atoms with Gasteiger partial charge in [0.25, 0.3) is 0 Å². The van der Waals surface area contributed by atoms with Gasteiger partial charge in [-0.1, -0.05) is 49.7 Å². The van der Waals surface area contributed by atoms with Gasteiger partial charge in [-0.25, -0.2) is 4.39 Å². The molecule has 29 heavy (non-hydrogen) atoms. The minimum Gasteiger partial charge on any atom is -0.352 e. The summed E-state index contributed by atoms with van der Waals surface area (Å²) in [5, 5.41) is 3.53. The van der Waals surface area contributed by atoms with Gasteiger partial charge in [-0.15, -0.1) is 0 Å². The molecule has 0 aliphatic rings. The predicted octanol–water partition coefficient (Wildman–Crippen LogP) is 4.74. The first kappa shape index (κ1) is 22.9. The minimum absolute atomic E-state index is 0.0206. The average Bonchev–Trinajstić information content (AvgIpc) is 2.69. The van der Waals surface area contributed by atoms with Crippen molar-refractivity contribution in [2.45, 2.75) is 58.7 Å². The Bertz CT molecular complexity index is 826. The lowest BCUT2D eigenvalue weighted by Crippen LogP contribution is -2.51. The first-order chi connectivity index (χ1) is 13.8. The predicted molar refractivity (Wildman–Crippen MR) is 114 cm³/mol. The summed E-state index contributed by atoms with van der Waals surface area (Å²) >= 11 is 6.04. The molecule has 0 fully saturated rings. The van der Waals surface area contributed by atoms with Crippen LogP contribution in [0.3, 0.4) is 0 Å². The van der Waals surface area contributed by atoms with Gasteiger partial charge < -0.3 is 10.2 Å². The molecule has 6 heteroatoms. The van der Waals surface area contributed by atoms with Crippen molar-refractivity contribution >= 4 is 23.4 Å². The highest BCUT2D eigenvalue weighted by atomic mass is 35.5. The third kappa shape index (κ3) is 6.86. The number of rotatable bonds is 9. The van der Waals surface area contributed by atoms with Crippen LogP contribution >= 0.6 is 11.6 Å². The Hall–Kier alpha value is -2.40. The van der Waals surface area contributed by atoms with Gasteiger partial charge in [-0.2, -0.15) is 0 Å². The average molecular weight is 419 g/mol. The Morgan fingerprint density at radius 2 is 1.76 bits per heavy atom. The second-order valence-corrected chi connectivity index (χ2v) is 7.63. The van der Waals surface area contributed by atoms with Crippen molar-refractivity contribution in [3.05, 3.63) is 70.5 Å². The molecule has 4 nitrogen and oxygen atoms in total. The van der Waals surface area contributed by atoms with Gasteiger partial charge >= 0.3 is 0 Å². The van der Waals surface area contributed by atoms with E-state index in [2.05, 4.69) is 5.32 Å². The molecular formula is C23H28ClFN2O2. The first-order valence-electron chi connectivity index (χ1n) is 9.92. The van der Waals surface area contributed by atoms with Crippen LogP contribution in [-0.4, -0.2) is 28.8 Å². The molecule has 0 aliphatic heterocycles. The summed E-state index contributed by atoms with van der Waals surface area (Å²) in [6.45, 7) is 6.03. The lowest BCUT2D eigenvalue weighted by atomic mass is 10.1. The summed E-state index contributed by atoms with van der Waals surface area (Å²) in [5.41, 5.74) is 1.55. The molecule has 2 atom stereocenters. The zero-order chi connectivity index (χ0) is 21.4. The summed E-state index contributed by atoms with van der Waals surface area (Å²) in [4.78, 5) is 27.6. The van der Waals surface area contributed by atoms with Gasteiger partial charge in [0.15, 0.2) is 0 Å². The lowest BCUT2D eigenvalue weighted by molar-refractivity contribution is -0.141. The maximum absolute atomic E-state index is 13.3. The van der Waals surface area contributed by atoms with Gasteiger partial charge in [0.2, 0.25) is 11.8 Å². The zero-order valence-electron chi connectivity index (χ0n) is 17.1. The highest BCUT2D eigenvalue weighted by Crippen LogP contribution is 2.17. The molecule has 2 unspecified atom stereocenters. The van der Waals surface area contributed by atoms with Crippen LogP contribution in [0.25, 0.3) is 0 Å². The number of hydrogen-bond donors (Lipinski definition) is 1. The molecule has 0 spiro atoms. The summed E-state index contributed by atoms with van der Waals surface area (Å²) in [6.07, 6.45) is 1.41. The third-order valence-electron chi connectivity index (χ3n) is 4.90. The van der Waals surface area contributed by atoms with Gasteiger partial charge in [-0.05, 0) is 55.2 Å². The van der Waals surface area contributed by atoms with Gasteiger partial charge in [0.1, 0.15) is 11.9 Å². The smallest absolute Gasteiger partial charge is 0.243 e. The van der Waals surface area contributed by atoms with E-state index in [0.717, 1.165) is 17.5 Å². The van der Waals surface area contributed by atoms with Crippen LogP contribution in [-0.2, 0) is 22.6 Å². The highest BCUT2D eigenvalue weighted by molar-refractivity contribution is 6.30. The van der Waals surface area contributed by atoms with Crippen molar-refractivity contribution in [1.29, 1.82) is 0 Å². The van der Waals surface area contributed by atoms with E-state index in [-0.39, 0.29) is 36.6 Å². The number of amides is 2. The van der Waals surface area contributed by atoms with Crippen molar-refractivity contribution in [2.75, 3.05) is 0 Å². The van der Waals surface area contributed by atoms with Gasteiger partial charge in [-0.3, -0.25) is 9.59 Å². The fourth-order valence-electron chi connectivity index (χ4n) is 3.07. The molecule has 156 valence electrons. The Morgan fingerprint density at radius 1 is 1.07 bits per heavy atom. The second-order valence-electron chi connectivity index (χ2n) is 7.20. The molecule has 0 radical (unpaired) electrons. The van der Waals surface area contributed by atoms with E-state index in [0.29, 0.717) is 11.4 Å². The van der Waals surface area contributed by atoms with Crippen LogP contribution in [0.15, 0.2) is 48.5 Å². The van der Waals surface area contributed by atoms with Crippen molar-refractivity contribution in [2.24, 2.45) is 0 Å². The maximum Gasteiger partial charge on any atom is 0.243 e. The zero-order valence-corrected chi connectivity index (χ0v) is 17.9. The van der Waals surface area contributed by atoms with E-state index in [9.17, 15) is 14.0 Å². The largest absolute Gasteiger partial charge is 0.352 e. The normalized spacial score (nSPS) is 12.9. The fraction of sp³-hybridized carbons (Fsp3) is 0.391. The number of nitrogens with zero attached hydrogens (tertiary/aromatic N) is 1. The number of carbonyl (C=O) groups is 2. The number of carbonyl (C=O) groups excluding carboxylic acids is 2. The number of benzene rings is 2. The Morgan fingerprint density at radius 3 is 2.34 bits per heavy atom. The van der Waals surface area contributed by atoms with Crippen LogP contribution in [0, 0.1) is 5.82 Å². The standard InChI is InChI=1S/C23H28ClFN2O2/c1-4-16(3)26-23(29)21(5-2)27(15-17-9-11-20(25)12-10-17)22(28)14-18-7-6-8-19(24)13-18/h6-13,16,21H,4-5,14-15H2,1-3H3,(H,26,29). The monoisotopic (exact) mass is 418 g/mol. The first-order valence-corrected chi connectivity index (χ1v) is 10.3. The van der Waals surface area contributed by atoms with Crippen molar-refractivity contribution in [3.63, 3.8) is 0 Å². The maximum atomic E-state index is 13.3. The number of halogens is 2. The molecule has 0 aromatic heterocycles. The van der Waals surface area contributed by atoms with E-state index in [1.165, 1.54) is 12.1 Å². The Kier molecular flexibility index (Phi) is 8.65. The van der Waals surface area contributed by atoms with Crippen LogP contribution in [0.1, 0.15) is 44.7 Å². The molecule has 1 N–H and O–H groups in total. The van der Waals surface area contributed by atoms with Gasteiger partial charge in [0.05, 0.1) is 6.42 Å². The Labute approximate surface area is 177 Å². The SMILES string of the molecule is CCC(C)NC(=O)C(CC)N(Cc1ccc(F)cc1)C(=O)Cc1cccc(Cl)c1. The van der Waals surface area contributed by atoms with E-state index >= 15 is 0 Å². The molecule has 2 aromatic carbocycles. The van der Waals surface area contributed by atoms with Crippen LogP contribution < -0.4 is 5.32 Å². The fourth-order valence-corrected chi connectivity index (χ4v) is 3.28. The number of nitrogens with one attached hydrogen (secondary N) is 1. The van der Waals surface area contributed by atoms with E-state index in [4.69, 9.17) is 11.6 Å². The van der Waals surface area contributed by atoms with Crippen LogP contribution in [0.2, 0.25) is 5.02 Å². The van der Waals surface area contributed by atoms with E-state index in [1.807, 2.05) is 26.8 Å². The van der Waals surface area contributed by atoms with Crippen molar-refractivity contribution < 1.29 is 14.0 Å². The van der Waals surface area contributed by atoms with Crippen LogP contribution in [0.4, 0.5) is 4.39 Å². The lowest BCUT2D eigenvalue weighted by Gasteiger charge is -2.31. The molecule has 0 aliphatic carbocycles. The Balaban J connectivity index is 2.28. The molecule has 0 heterocycles. The molecule has 0 bridgehead atoms. The quantitative estimate of drug-likeness (QED) is 0.639. The van der Waals surface area contributed by atoms with Gasteiger partial charge in [0, 0.05) is 17.6 Å². The molecule has 2 amide bonds. The molecule has 2 rings (SSSR count). The van der Waals surface area contributed by atoms with Crippen LogP contribution in [0.5, 0.6) is 0 Å². The summed E-state index contributed by atoms with van der Waals surface area (Å²) in [5.74, 6) is -0.696. The number of hydrogen-bond acceptors (Lipinski definition) is 2. The minimum atomic E-state index is -0.610. The molecule has 0 saturated carbocycles. The van der Waals surface area contributed by atoms with Crippen molar-refractivity contribution in [3.8, 4) is 0 Å². The molecular weight excluding hydrogens is 391 g/mol. The van der Waals surface area contributed by atoms with E-state index < -0.39 is 6.04 Å². The molecule has 0 saturated heterocycles. The summed E-state index contributed by atoms with van der Waals surface area (Å²) < 4.78 is 13.3. The second kappa shape index (κ2) is 11.0. The summed E-state index contributed by atoms with van der Waals surface area (Å²) in [7, 11) is 0. The highest BCUT2D eigenvalue weighted by Gasteiger charge is 2.29. The van der Waals surface area contributed by atoms with Crippen molar-refractivity contribution in [1.82, 2.24) is 10.2 Å². The summed E-state index contributed by atoms with van der Waals surface area (Å²) in [6, 6.07) is 12.5. The molecule has 2 aromatic rings.